The predicted octanol–water partition coefficient (Wildman–Crippen LogP) is 0.419. The molecule has 0 aromatic carbocycles. The molecule has 2 aromatic heterocycles. The topological polar surface area (TPSA) is 50.9 Å². The van der Waals surface area contributed by atoms with Crippen molar-refractivity contribution in [2.24, 2.45) is 7.05 Å². The van der Waals surface area contributed by atoms with E-state index in [1.165, 1.54) is 46.3 Å². The third-order valence-electron chi connectivity index (χ3n) is 4.00. The Bertz CT molecular complexity index is 670. The number of aliphatic hydroxyl groups is 1. The second-order valence-electron chi connectivity index (χ2n) is 6.41. The molecule has 1 atom stereocenters. The summed E-state index contributed by atoms with van der Waals surface area (Å²) in [5.74, 6) is 0. The molecule has 1 N–H and O–H groups in total. The fourth-order valence-electron chi connectivity index (χ4n) is 3.15. The van der Waals surface area contributed by atoms with E-state index in [1.807, 2.05) is 25.6 Å². The molecular formula is C15H22AsN3O. The summed E-state index contributed by atoms with van der Waals surface area (Å²) in [5, 5.41) is 16.1. The van der Waals surface area contributed by atoms with Gasteiger partial charge in [-0.05, 0) is 0 Å². The second kappa shape index (κ2) is 4.85. The Labute approximate surface area is 128 Å². The maximum atomic E-state index is 10.2. The number of fused-ring (bicyclic) bond motifs is 3. The molecule has 1 unspecified atom stereocenters. The average molecular weight is 335 g/mol. The summed E-state index contributed by atoms with van der Waals surface area (Å²) in [4.78, 5) is 4.78. The van der Waals surface area contributed by atoms with E-state index in [0.717, 1.165) is 28.5 Å². The summed E-state index contributed by atoms with van der Waals surface area (Å²) in [6, 6.07) is 0. The van der Waals surface area contributed by atoms with Crippen LogP contribution < -0.4 is 4.48 Å². The predicted molar refractivity (Wildman–Crippen MR) is 83.3 cm³/mol. The summed E-state index contributed by atoms with van der Waals surface area (Å²) in [7, 11) is 1.97. The molecule has 2 heterocycles. The molecule has 0 radical (unpaired) electrons. The number of aromatic nitrogens is 3. The minimum atomic E-state index is -0.718. The molecule has 108 valence electrons. The van der Waals surface area contributed by atoms with Gasteiger partial charge in [-0.25, -0.2) is 0 Å². The molecule has 0 saturated heterocycles. The van der Waals surface area contributed by atoms with Crippen molar-refractivity contribution in [1.29, 1.82) is 0 Å². The van der Waals surface area contributed by atoms with Crippen LogP contribution in [0.4, 0.5) is 0 Å². The van der Waals surface area contributed by atoms with Gasteiger partial charge in [0.1, 0.15) is 0 Å². The molecule has 4 nitrogen and oxygen atoms in total. The Morgan fingerprint density at radius 1 is 1.30 bits per heavy atom. The van der Waals surface area contributed by atoms with Gasteiger partial charge in [0.15, 0.2) is 0 Å². The molecule has 0 amide bonds. The van der Waals surface area contributed by atoms with Gasteiger partial charge in [0, 0.05) is 0 Å². The van der Waals surface area contributed by atoms with Crippen LogP contribution in [0.5, 0.6) is 0 Å². The monoisotopic (exact) mass is 335 g/mol. The molecule has 1 aliphatic rings. The van der Waals surface area contributed by atoms with Crippen LogP contribution in [-0.4, -0.2) is 42.3 Å². The molecular weight excluding hydrogens is 313 g/mol. The normalized spacial score (nSPS) is 15.7. The van der Waals surface area contributed by atoms with Crippen molar-refractivity contribution < 1.29 is 5.11 Å². The van der Waals surface area contributed by atoms with Gasteiger partial charge in [-0.2, -0.15) is 0 Å². The van der Waals surface area contributed by atoms with E-state index in [-0.39, 0.29) is 0 Å². The van der Waals surface area contributed by atoms with Gasteiger partial charge >= 0.3 is 128 Å². The first-order valence-electron chi connectivity index (χ1n) is 7.22. The number of aryl methyl sites for hydroxylation is 3. The van der Waals surface area contributed by atoms with Crippen LogP contribution >= 0.6 is 0 Å². The van der Waals surface area contributed by atoms with E-state index < -0.39 is 5.60 Å². The average Bonchev–Trinajstić information content (AvgIpc) is 2.66. The quantitative estimate of drug-likeness (QED) is 0.810. The Hall–Kier alpha value is -0.862. The maximum absolute atomic E-state index is 10.2. The number of hydrogen-bond acceptors (Lipinski definition) is 3. The van der Waals surface area contributed by atoms with Crippen molar-refractivity contribution in [1.82, 2.24) is 14.8 Å². The molecule has 0 bridgehead atoms. The van der Waals surface area contributed by atoms with E-state index in [9.17, 15) is 5.11 Å². The molecule has 1 aliphatic carbocycles. The van der Waals surface area contributed by atoms with Gasteiger partial charge in [-0.15, -0.1) is 0 Å². The van der Waals surface area contributed by atoms with E-state index in [2.05, 4.69) is 5.10 Å². The van der Waals surface area contributed by atoms with Crippen molar-refractivity contribution >= 4 is 32.2 Å². The van der Waals surface area contributed by atoms with Gasteiger partial charge in [0.25, 0.3) is 0 Å². The van der Waals surface area contributed by atoms with Crippen molar-refractivity contribution in [2.75, 3.05) is 0 Å². The van der Waals surface area contributed by atoms with Crippen molar-refractivity contribution in [3.8, 4) is 0 Å². The Kier molecular flexibility index (Phi) is 3.42. The number of nitrogens with zero attached hydrogens (tertiary/aromatic N) is 3. The minimum absolute atomic E-state index is 0.628. The first-order valence-corrected chi connectivity index (χ1v) is 8.43. The standard InChI is InChI=1S/C15H22AsN3O/c1-15(2,20)8-11-12-9-6-4-5-7-10(9)17-14(16)13(12)18-19(11)3/h20H,4-8,16H2,1-3H3. The van der Waals surface area contributed by atoms with Gasteiger partial charge in [-0.1, -0.05) is 0 Å². The Morgan fingerprint density at radius 3 is 2.70 bits per heavy atom. The second-order valence-corrected chi connectivity index (χ2v) is 7.56. The Balaban J connectivity index is 2.29. The van der Waals surface area contributed by atoms with Crippen LogP contribution in [0.1, 0.15) is 43.6 Å². The first kappa shape index (κ1) is 14.1. The first-order chi connectivity index (χ1) is 9.37. The summed E-state index contributed by atoms with van der Waals surface area (Å²) >= 11 is 1.54. The third kappa shape index (κ3) is 2.40. The molecule has 5 heteroatoms. The van der Waals surface area contributed by atoms with Crippen molar-refractivity contribution in [3.05, 3.63) is 17.0 Å². The van der Waals surface area contributed by atoms with Gasteiger partial charge in [0.05, 0.1) is 0 Å². The summed E-state index contributed by atoms with van der Waals surface area (Å²) < 4.78 is 3.01. The molecule has 0 aliphatic heterocycles. The number of pyridine rings is 1. The van der Waals surface area contributed by atoms with Crippen LogP contribution in [0.3, 0.4) is 0 Å². The van der Waals surface area contributed by atoms with E-state index in [1.54, 1.807) is 0 Å². The SMILES string of the molecule is Cn1nc2c([AsH2])nc3c(c2c1CC(C)(C)O)CCCC3. The summed E-state index contributed by atoms with van der Waals surface area (Å²) in [6.07, 6.45) is 5.27. The summed E-state index contributed by atoms with van der Waals surface area (Å²) in [6.45, 7) is 3.71. The van der Waals surface area contributed by atoms with E-state index in [0.29, 0.717) is 6.42 Å². The fourth-order valence-corrected chi connectivity index (χ4v) is 3.90. The van der Waals surface area contributed by atoms with Crippen molar-refractivity contribution in [2.45, 2.75) is 51.6 Å². The van der Waals surface area contributed by atoms with Crippen LogP contribution in [0.25, 0.3) is 10.9 Å². The van der Waals surface area contributed by atoms with E-state index >= 15 is 0 Å². The van der Waals surface area contributed by atoms with Gasteiger partial charge in [-0.3, -0.25) is 0 Å². The van der Waals surface area contributed by atoms with Gasteiger partial charge in [0.2, 0.25) is 0 Å². The molecule has 0 saturated carbocycles. The zero-order valence-electron chi connectivity index (χ0n) is 12.4. The zero-order valence-corrected chi connectivity index (χ0v) is 14.8. The molecule has 0 spiro atoms. The molecule has 3 rings (SSSR count). The van der Waals surface area contributed by atoms with Crippen LogP contribution in [0.15, 0.2) is 0 Å². The zero-order chi connectivity index (χ0) is 14.5. The van der Waals surface area contributed by atoms with E-state index in [4.69, 9.17) is 4.98 Å². The molecule has 0 fully saturated rings. The van der Waals surface area contributed by atoms with Crippen LogP contribution in [0, 0.1) is 0 Å². The van der Waals surface area contributed by atoms with Crippen LogP contribution in [0.2, 0.25) is 0 Å². The third-order valence-corrected chi connectivity index (χ3v) is 4.85. The fraction of sp³-hybridized carbons (Fsp3) is 0.600. The van der Waals surface area contributed by atoms with Crippen molar-refractivity contribution in [3.63, 3.8) is 0 Å². The number of rotatable bonds is 2. The van der Waals surface area contributed by atoms with Gasteiger partial charge < -0.3 is 0 Å². The molecule has 2 aromatic rings. The van der Waals surface area contributed by atoms with Crippen LogP contribution in [-0.2, 0) is 26.3 Å². The number of hydrogen-bond donors (Lipinski definition) is 1. The Morgan fingerprint density at radius 2 is 2.00 bits per heavy atom. The molecule has 20 heavy (non-hydrogen) atoms. The summed E-state index contributed by atoms with van der Waals surface area (Å²) in [5.41, 5.74) is 4.09.